The highest BCUT2D eigenvalue weighted by molar-refractivity contribution is 7.96. The van der Waals surface area contributed by atoms with Crippen molar-refractivity contribution in [2.75, 3.05) is 13.2 Å². The molecule has 1 unspecified atom stereocenters. The summed E-state index contributed by atoms with van der Waals surface area (Å²) in [5.41, 5.74) is -0.273. The molecule has 0 heterocycles. The molecule has 1 aliphatic rings. The summed E-state index contributed by atoms with van der Waals surface area (Å²) in [6, 6.07) is 16.0. The Morgan fingerprint density at radius 1 is 0.786 bits per heavy atom. The number of ketones is 1. The number of sulfonamides is 1. The van der Waals surface area contributed by atoms with E-state index in [0.717, 1.165) is 6.08 Å². The molecule has 42 heavy (non-hydrogen) atoms. The maximum absolute atomic E-state index is 14.9. The fourth-order valence-corrected chi connectivity index (χ4v) is 10.2. The Labute approximate surface area is 255 Å². The van der Waals surface area contributed by atoms with Gasteiger partial charge in [-0.3, -0.25) is 9.36 Å². The molecule has 1 N–H and O–H groups in total. The molecule has 224 valence electrons. The lowest BCUT2D eigenvalue weighted by Gasteiger charge is -2.40. The second-order valence-electron chi connectivity index (χ2n) is 9.33. The first-order valence-corrected chi connectivity index (χ1v) is 18.1. The average Bonchev–Trinajstić information content (AvgIpc) is 2.96. The smallest absolute Gasteiger partial charge is 0.307 e. The van der Waals surface area contributed by atoms with Crippen LogP contribution in [-0.2, 0) is 38.8 Å². The van der Waals surface area contributed by atoms with Crippen LogP contribution in [0.5, 0.6) is 0 Å². The molecule has 1 aliphatic carbocycles. The van der Waals surface area contributed by atoms with Crippen LogP contribution in [0.2, 0.25) is 10.0 Å². The first kappa shape index (κ1) is 32.6. The Morgan fingerprint density at radius 3 is 1.81 bits per heavy atom. The first-order chi connectivity index (χ1) is 19.8. The van der Waals surface area contributed by atoms with E-state index in [9.17, 15) is 26.2 Å². The van der Waals surface area contributed by atoms with Gasteiger partial charge in [0, 0.05) is 21.2 Å². The number of sulfone groups is 1. The standard InChI is InChI=1S/C28H28Cl2NO8PS2/c1-3-17-38-40(33,39-18-4-2)28(31-42(36,37)23-15-11-21(30)12-16-23)19-26(27(32)24-7-5-6-8-25(24)28)41(34,35)22-13-9-20(29)10-14-22/h5-16,19,31H,3-4,17-18H2,1-2H3. The van der Waals surface area contributed by atoms with E-state index in [1.54, 1.807) is 13.8 Å². The molecule has 0 saturated heterocycles. The third-order valence-electron chi connectivity index (χ3n) is 6.34. The Bertz CT molecular complexity index is 1760. The van der Waals surface area contributed by atoms with Gasteiger partial charge in [0.2, 0.25) is 25.6 Å². The predicted octanol–water partition coefficient (Wildman–Crippen LogP) is 6.73. The minimum Gasteiger partial charge on any atom is -0.307 e. The fourth-order valence-electron chi connectivity index (χ4n) is 4.33. The zero-order chi connectivity index (χ0) is 30.8. The molecule has 0 spiro atoms. The molecule has 0 amide bonds. The second-order valence-corrected chi connectivity index (χ2v) is 16.0. The number of carbonyl (C=O) groups excluding carboxylic acids is 1. The van der Waals surface area contributed by atoms with E-state index in [2.05, 4.69) is 4.72 Å². The molecule has 9 nitrogen and oxygen atoms in total. The molecule has 0 fully saturated rings. The van der Waals surface area contributed by atoms with E-state index in [0.29, 0.717) is 12.8 Å². The number of nitrogens with one attached hydrogen (secondary N) is 1. The summed E-state index contributed by atoms with van der Waals surface area (Å²) >= 11 is 11.9. The van der Waals surface area contributed by atoms with Crippen molar-refractivity contribution >= 4 is 56.4 Å². The lowest BCUT2D eigenvalue weighted by atomic mass is 9.92. The summed E-state index contributed by atoms with van der Waals surface area (Å²) in [7, 11) is -13.9. The lowest BCUT2D eigenvalue weighted by molar-refractivity contribution is 0.103. The van der Waals surface area contributed by atoms with Gasteiger partial charge in [0.1, 0.15) is 4.91 Å². The normalized spacial score (nSPS) is 17.5. The van der Waals surface area contributed by atoms with Gasteiger partial charge in [0.15, 0.2) is 5.28 Å². The van der Waals surface area contributed by atoms with Gasteiger partial charge in [0.25, 0.3) is 0 Å². The fraction of sp³-hybridized carbons (Fsp3) is 0.250. The number of hydrogen-bond acceptors (Lipinski definition) is 8. The van der Waals surface area contributed by atoms with Crippen LogP contribution in [0.4, 0.5) is 0 Å². The zero-order valence-corrected chi connectivity index (χ0v) is 26.7. The van der Waals surface area contributed by atoms with Crippen LogP contribution in [0.25, 0.3) is 0 Å². The Hall–Kier alpha value is -2.34. The van der Waals surface area contributed by atoms with Crippen LogP contribution in [0.15, 0.2) is 93.6 Å². The quantitative estimate of drug-likeness (QED) is 0.210. The Balaban J connectivity index is 2.10. The van der Waals surface area contributed by atoms with Crippen molar-refractivity contribution in [1.82, 2.24) is 4.72 Å². The van der Waals surface area contributed by atoms with Crippen molar-refractivity contribution < 1.29 is 35.2 Å². The molecule has 0 aliphatic heterocycles. The Morgan fingerprint density at radius 2 is 1.29 bits per heavy atom. The number of rotatable bonds is 12. The number of halogens is 2. The number of allylic oxidation sites excluding steroid dienone is 1. The number of Topliss-reactive ketones (excluding diaryl/α,β-unsaturated/α-hetero) is 1. The number of benzene rings is 3. The maximum atomic E-state index is 14.9. The largest absolute Gasteiger partial charge is 0.360 e. The Kier molecular flexibility index (Phi) is 9.86. The highest BCUT2D eigenvalue weighted by Crippen LogP contribution is 2.67. The van der Waals surface area contributed by atoms with Gasteiger partial charge in [-0.15, -0.1) is 0 Å². The summed E-state index contributed by atoms with van der Waals surface area (Å²) in [4.78, 5) is 12.4. The summed E-state index contributed by atoms with van der Waals surface area (Å²) < 4.78 is 84.7. The van der Waals surface area contributed by atoms with Crippen LogP contribution < -0.4 is 4.72 Å². The van der Waals surface area contributed by atoms with E-state index >= 15 is 0 Å². The summed E-state index contributed by atoms with van der Waals surface area (Å²) in [6.45, 7) is 3.27. The van der Waals surface area contributed by atoms with Gasteiger partial charge in [-0.2, -0.15) is 4.72 Å². The van der Waals surface area contributed by atoms with Crippen molar-refractivity contribution in [1.29, 1.82) is 0 Å². The van der Waals surface area contributed by atoms with Gasteiger partial charge in [-0.1, -0.05) is 61.3 Å². The summed E-state index contributed by atoms with van der Waals surface area (Å²) in [6.07, 6.45) is 1.60. The molecule has 3 aromatic rings. The van der Waals surface area contributed by atoms with Gasteiger partial charge >= 0.3 is 7.60 Å². The van der Waals surface area contributed by atoms with Crippen LogP contribution in [0, 0.1) is 0 Å². The van der Waals surface area contributed by atoms with E-state index < -0.39 is 43.4 Å². The van der Waals surface area contributed by atoms with Crippen molar-refractivity contribution in [3.05, 3.63) is 105 Å². The second kappa shape index (κ2) is 12.7. The summed E-state index contributed by atoms with van der Waals surface area (Å²) in [5.74, 6) is -0.917. The van der Waals surface area contributed by atoms with Crippen molar-refractivity contribution in [2.24, 2.45) is 0 Å². The number of carbonyl (C=O) groups is 1. The van der Waals surface area contributed by atoms with Gasteiger partial charge in [-0.25, -0.2) is 16.8 Å². The predicted molar refractivity (Wildman–Crippen MR) is 161 cm³/mol. The van der Waals surface area contributed by atoms with E-state index in [4.69, 9.17) is 32.2 Å². The minimum atomic E-state index is -4.68. The molecular weight excluding hydrogens is 644 g/mol. The molecule has 0 saturated carbocycles. The highest BCUT2D eigenvalue weighted by Gasteiger charge is 2.58. The molecule has 0 radical (unpaired) electrons. The van der Waals surface area contributed by atoms with E-state index in [1.807, 2.05) is 0 Å². The topological polar surface area (TPSA) is 133 Å². The van der Waals surface area contributed by atoms with E-state index in [-0.39, 0.29) is 44.2 Å². The summed E-state index contributed by atoms with van der Waals surface area (Å²) in [5, 5.41) is -1.93. The van der Waals surface area contributed by atoms with Crippen LogP contribution in [0.1, 0.15) is 42.6 Å². The molecule has 0 bridgehead atoms. The monoisotopic (exact) mass is 671 g/mol. The molecule has 0 aromatic heterocycles. The lowest BCUT2D eigenvalue weighted by Crippen LogP contribution is -2.48. The molecule has 4 rings (SSSR count). The van der Waals surface area contributed by atoms with Crippen molar-refractivity contribution in [2.45, 2.75) is 41.8 Å². The van der Waals surface area contributed by atoms with Gasteiger partial charge in [-0.05, 0) is 67.4 Å². The van der Waals surface area contributed by atoms with Crippen LogP contribution >= 0.6 is 30.8 Å². The molecule has 14 heteroatoms. The zero-order valence-electron chi connectivity index (χ0n) is 22.6. The molecular formula is C28H28Cl2NO8PS2. The highest BCUT2D eigenvalue weighted by atomic mass is 35.5. The number of hydrogen-bond donors (Lipinski definition) is 1. The van der Waals surface area contributed by atoms with Crippen molar-refractivity contribution in [3.63, 3.8) is 0 Å². The van der Waals surface area contributed by atoms with Crippen LogP contribution in [-0.4, -0.2) is 35.8 Å². The van der Waals surface area contributed by atoms with Crippen molar-refractivity contribution in [3.8, 4) is 0 Å². The third kappa shape index (κ3) is 6.16. The van der Waals surface area contributed by atoms with E-state index in [1.165, 1.54) is 72.8 Å². The average molecular weight is 673 g/mol. The third-order valence-corrected chi connectivity index (χ3v) is 12.6. The SMILES string of the molecule is CCCOP(=O)(OCCC)C1(NS(=O)(=O)c2ccc(Cl)cc2)C=C(S(=O)(=O)c2ccc(Cl)cc2)C(=O)c2ccccc21. The number of fused-ring (bicyclic) bond motifs is 1. The maximum Gasteiger partial charge on any atom is 0.360 e. The first-order valence-electron chi connectivity index (χ1n) is 12.9. The minimum absolute atomic E-state index is 0.0851. The van der Waals surface area contributed by atoms with Gasteiger partial charge in [0.05, 0.1) is 23.0 Å². The molecule has 3 aromatic carbocycles. The van der Waals surface area contributed by atoms with Crippen LogP contribution in [0.3, 0.4) is 0 Å². The molecule has 1 atom stereocenters. The van der Waals surface area contributed by atoms with Gasteiger partial charge < -0.3 is 9.05 Å².